The Kier molecular flexibility index (Phi) is 8.38. The number of carbonyl (C=O) groups is 2. The van der Waals surface area contributed by atoms with Crippen LogP contribution in [0.25, 0.3) is 0 Å². The molecule has 2 aromatic carbocycles. The first-order valence-electron chi connectivity index (χ1n) is 11.1. The standard InChI is InChI=1S/C27H32N4O2/c1-19(16-25(33)31-23-13-9-21(10-14-23)27(4,5)18-29)6-15-24(32)30-22-11-7-20(8-12-22)26(2,3)17-28/h7-14,19H,6,15-16H2,1-5H3,(H,30,32)(H,31,33). The van der Waals surface area contributed by atoms with Crippen molar-refractivity contribution in [1.29, 1.82) is 10.5 Å². The number of nitrogens with one attached hydrogen (secondary N) is 2. The lowest BCUT2D eigenvalue weighted by Crippen LogP contribution is -2.18. The number of hydrogen-bond acceptors (Lipinski definition) is 4. The van der Waals surface area contributed by atoms with E-state index in [1.165, 1.54) is 0 Å². The Labute approximate surface area is 196 Å². The van der Waals surface area contributed by atoms with Crippen molar-refractivity contribution in [3.8, 4) is 12.1 Å². The molecule has 0 bridgehead atoms. The number of rotatable bonds is 9. The minimum atomic E-state index is -0.576. The number of benzene rings is 2. The summed E-state index contributed by atoms with van der Waals surface area (Å²) in [6.45, 7) is 9.35. The fourth-order valence-electron chi connectivity index (χ4n) is 3.30. The molecule has 0 radical (unpaired) electrons. The van der Waals surface area contributed by atoms with Gasteiger partial charge in [-0.25, -0.2) is 0 Å². The lowest BCUT2D eigenvalue weighted by molar-refractivity contribution is -0.118. The average molecular weight is 445 g/mol. The molecular formula is C27H32N4O2. The lowest BCUT2D eigenvalue weighted by Gasteiger charge is -2.17. The summed E-state index contributed by atoms with van der Waals surface area (Å²) in [7, 11) is 0. The maximum Gasteiger partial charge on any atom is 0.224 e. The number of amides is 2. The van der Waals surface area contributed by atoms with Crippen molar-refractivity contribution in [2.45, 2.75) is 64.7 Å². The number of nitriles is 2. The highest BCUT2D eigenvalue weighted by Gasteiger charge is 2.20. The van der Waals surface area contributed by atoms with E-state index in [9.17, 15) is 20.1 Å². The SMILES string of the molecule is CC(CCC(=O)Nc1ccc(C(C)(C)C#N)cc1)CC(=O)Nc1ccc(C(C)(C)C#N)cc1. The Morgan fingerprint density at radius 3 is 1.58 bits per heavy atom. The van der Waals surface area contributed by atoms with Crippen molar-refractivity contribution in [3.05, 3.63) is 59.7 Å². The number of nitrogens with zero attached hydrogens (tertiary/aromatic N) is 2. The zero-order valence-corrected chi connectivity index (χ0v) is 20.0. The van der Waals surface area contributed by atoms with Crippen molar-refractivity contribution in [2.75, 3.05) is 10.6 Å². The van der Waals surface area contributed by atoms with Crippen LogP contribution in [0.1, 0.15) is 65.0 Å². The van der Waals surface area contributed by atoms with E-state index in [1.807, 2.05) is 58.9 Å². The predicted octanol–water partition coefficient (Wildman–Crippen LogP) is 5.67. The van der Waals surface area contributed by atoms with E-state index in [0.717, 1.165) is 11.1 Å². The molecule has 2 rings (SSSR count). The number of hydrogen-bond donors (Lipinski definition) is 2. The minimum absolute atomic E-state index is 0.0475. The first-order valence-corrected chi connectivity index (χ1v) is 11.1. The summed E-state index contributed by atoms with van der Waals surface area (Å²) in [5.74, 6) is -0.164. The molecular weight excluding hydrogens is 412 g/mol. The molecule has 0 heterocycles. The molecule has 2 aromatic rings. The smallest absolute Gasteiger partial charge is 0.224 e. The molecule has 2 N–H and O–H groups in total. The summed E-state index contributed by atoms with van der Waals surface area (Å²) in [6, 6.07) is 19.1. The molecule has 2 amide bonds. The topological polar surface area (TPSA) is 106 Å². The highest BCUT2D eigenvalue weighted by molar-refractivity contribution is 5.92. The average Bonchev–Trinajstić information content (AvgIpc) is 2.78. The Balaban J connectivity index is 1.78. The minimum Gasteiger partial charge on any atom is -0.326 e. The van der Waals surface area contributed by atoms with Gasteiger partial charge < -0.3 is 10.6 Å². The van der Waals surface area contributed by atoms with Gasteiger partial charge in [0.15, 0.2) is 0 Å². The van der Waals surface area contributed by atoms with Crippen LogP contribution in [0, 0.1) is 28.6 Å². The molecule has 6 heteroatoms. The van der Waals surface area contributed by atoms with Gasteiger partial charge in [0, 0.05) is 24.2 Å². The van der Waals surface area contributed by atoms with E-state index in [0.29, 0.717) is 30.6 Å². The molecule has 0 aliphatic heterocycles. The van der Waals surface area contributed by atoms with Gasteiger partial charge in [-0.2, -0.15) is 10.5 Å². The van der Waals surface area contributed by atoms with Crippen LogP contribution in [0.5, 0.6) is 0 Å². The van der Waals surface area contributed by atoms with Gasteiger partial charge >= 0.3 is 0 Å². The van der Waals surface area contributed by atoms with Crippen LogP contribution in [0.3, 0.4) is 0 Å². The van der Waals surface area contributed by atoms with Crippen molar-refractivity contribution in [3.63, 3.8) is 0 Å². The van der Waals surface area contributed by atoms with E-state index in [4.69, 9.17) is 0 Å². The van der Waals surface area contributed by atoms with Crippen molar-refractivity contribution in [1.82, 2.24) is 0 Å². The molecule has 6 nitrogen and oxygen atoms in total. The molecule has 0 aromatic heterocycles. The molecule has 0 fully saturated rings. The third-order valence-corrected chi connectivity index (χ3v) is 5.74. The van der Waals surface area contributed by atoms with Crippen LogP contribution in [-0.4, -0.2) is 11.8 Å². The number of carbonyl (C=O) groups excluding carboxylic acids is 2. The predicted molar refractivity (Wildman–Crippen MR) is 130 cm³/mol. The summed E-state index contributed by atoms with van der Waals surface area (Å²) in [5.41, 5.74) is 2.01. The Morgan fingerprint density at radius 1 is 0.788 bits per heavy atom. The molecule has 0 aliphatic carbocycles. The van der Waals surface area contributed by atoms with Crippen LogP contribution in [-0.2, 0) is 20.4 Å². The highest BCUT2D eigenvalue weighted by atomic mass is 16.2. The molecule has 33 heavy (non-hydrogen) atoms. The third-order valence-electron chi connectivity index (χ3n) is 5.74. The van der Waals surface area contributed by atoms with Gasteiger partial charge in [0.2, 0.25) is 11.8 Å². The second-order valence-electron chi connectivity index (χ2n) is 9.57. The summed E-state index contributed by atoms with van der Waals surface area (Å²) in [6.07, 6.45) is 1.22. The van der Waals surface area contributed by atoms with Crippen molar-refractivity contribution < 1.29 is 9.59 Å². The number of anilines is 2. The molecule has 0 saturated heterocycles. The van der Waals surface area contributed by atoms with E-state index >= 15 is 0 Å². The third kappa shape index (κ3) is 7.47. The van der Waals surface area contributed by atoms with E-state index in [1.54, 1.807) is 24.3 Å². The summed E-state index contributed by atoms with van der Waals surface area (Å²) in [5, 5.41) is 24.2. The zero-order chi connectivity index (χ0) is 24.6. The molecule has 1 unspecified atom stereocenters. The largest absolute Gasteiger partial charge is 0.326 e. The Hall–Kier alpha value is -3.64. The fraction of sp³-hybridized carbons (Fsp3) is 0.407. The second-order valence-corrected chi connectivity index (χ2v) is 9.57. The van der Waals surface area contributed by atoms with Gasteiger partial charge in [0.1, 0.15) is 0 Å². The zero-order valence-electron chi connectivity index (χ0n) is 20.0. The Morgan fingerprint density at radius 2 is 1.18 bits per heavy atom. The van der Waals surface area contributed by atoms with Crippen LogP contribution in [0.2, 0.25) is 0 Å². The maximum atomic E-state index is 12.3. The molecule has 0 spiro atoms. The summed E-state index contributed by atoms with van der Waals surface area (Å²) >= 11 is 0. The van der Waals surface area contributed by atoms with Crippen LogP contribution in [0.15, 0.2) is 48.5 Å². The van der Waals surface area contributed by atoms with Crippen LogP contribution >= 0.6 is 0 Å². The molecule has 1 atom stereocenters. The van der Waals surface area contributed by atoms with E-state index < -0.39 is 10.8 Å². The lowest BCUT2D eigenvalue weighted by atomic mass is 9.86. The molecule has 0 saturated carbocycles. The first kappa shape index (κ1) is 25.6. The van der Waals surface area contributed by atoms with Gasteiger partial charge in [0.05, 0.1) is 23.0 Å². The van der Waals surface area contributed by atoms with Gasteiger partial charge in [0.25, 0.3) is 0 Å². The van der Waals surface area contributed by atoms with Gasteiger partial charge in [-0.3, -0.25) is 9.59 Å². The first-order chi connectivity index (χ1) is 15.5. The van der Waals surface area contributed by atoms with Crippen molar-refractivity contribution in [2.24, 2.45) is 5.92 Å². The quantitative estimate of drug-likeness (QED) is 0.519. The van der Waals surface area contributed by atoms with Gasteiger partial charge in [-0.15, -0.1) is 0 Å². The van der Waals surface area contributed by atoms with Gasteiger partial charge in [-0.05, 0) is 75.4 Å². The van der Waals surface area contributed by atoms with E-state index in [-0.39, 0.29) is 17.7 Å². The normalized spacial score (nSPS) is 12.2. The van der Waals surface area contributed by atoms with Crippen molar-refractivity contribution >= 4 is 23.2 Å². The Bertz CT molecular complexity index is 1060. The van der Waals surface area contributed by atoms with Crippen LogP contribution in [0.4, 0.5) is 11.4 Å². The molecule has 0 aliphatic rings. The molecule has 172 valence electrons. The maximum absolute atomic E-state index is 12.3. The monoisotopic (exact) mass is 444 g/mol. The van der Waals surface area contributed by atoms with Gasteiger partial charge in [-0.1, -0.05) is 31.2 Å². The summed E-state index contributed by atoms with van der Waals surface area (Å²) < 4.78 is 0. The highest BCUT2D eigenvalue weighted by Crippen LogP contribution is 2.25. The van der Waals surface area contributed by atoms with Crippen LogP contribution < -0.4 is 10.6 Å². The second kappa shape index (κ2) is 10.8. The summed E-state index contributed by atoms with van der Waals surface area (Å²) in [4.78, 5) is 24.6. The van der Waals surface area contributed by atoms with E-state index in [2.05, 4.69) is 22.8 Å². The fourth-order valence-corrected chi connectivity index (χ4v) is 3.30.